The van der Waals surface area contributed by atoms with E-state index in [0.717, 1.165) is 16.9 Å². The van der Waals surface area contributed by atoms with Gasteiger partial charge in [-0.05, 0) is 12.1 Å². The molecule has 1 N–H and O–H groups in total. The number of fused-ring (bicyclic) bond motifs is 1. The summed E-state index contributed by atoms with van der Waals surface area (Å²) in [5, 5.41) is 0. The second kappa shape index (κ2) is 4.50. The summed E-state index contributed by atoms with van der Waals surface area (Å²) in [7, 11) is 0. The minimum absolute atomic E-state index is 0.0684. The Balaban J connectivity index is 1.72. The van der Waals surface area contributed by atoms with E-state index in [9.17, 15) is 9.59 Å². The Morgan fingerprint density at radius 2 is 2.16 bits per heavy atom. The van der Waals surface area contributed by atoms with Gasteiger partial charge in [-0.1, -0.05) is 19.1 Å². The van der Waals surface area contributed by atoms with Crippen molar-refractivity contribution in [2.45, 2.75) is 19.8 Å². The van der Waals surface area contributed by atoms with Gasteiger partial charge in [-0.3, -0.25) is 14.5 Å². The summed E-state index contributed by atoms with van der Waals surface area (Å²) >= 11 is 0. The first-order chi connectivity index (χ1) is 9.15. The molecule has 2 amide bonds. The van der Waals surface area contributed by atoms with Gasteiger partial charge in [0.05, 0.1) is 11.0 Å². The lowest BCUT2D eigenvalue weighted by atomic mass is 10.1. The molecule has 1 aromatic heterocycles. The first kappa shape index (κ1) is 11.9. The number of para-hydroxylation sites is 2. The highest BCUT2D eigenvalue weighted by atomic mass is 16.2. The Morgan fingerprint density at radius 3 is 2.84 bits per heavy atom. The van der Waals surface area contributed by atoms with Crippen LogP contribution in [0.2, 0.25) is 0 Å². The summed E-state index contributed by atoms with van der Waals surface area (Å²) in [6.07, 6.45) is 0.901. The number of hydrogen-bond acceptors (Lipinski definition) is 3. The van der Waals surface area contributed by atoms with Crippen LogP contribution in [-0.4, -0.2) is 33.2 Å². The fourth-order valence-corrected chi connectivity index (χ4v) is 2.43. The van der Waals surface area contributed by atoms with E-state index >= 15 is 0 Å². The third kappa shape index (κ3) is 2.12. The maximum absolute atomic E-state index is 11.8. The van der Waals surface area contributed by atoms with Crippen molar-refractivity contribution in [2.24, 2.45) is 5.92 Å². The van der Waals surface area contributed by atoms with Crippen molar-refractivity contribution in [3.8, 4) is 0 Å². The molecule has 1 fully saturated rings. The number of carbonyl (C=O) groups excluding carboxylic acids is 2. The van der Waals surface area contributed by atoms with Crippen LogP contribution in [0, 0.1) is 5.92 Å². The Bertz CT molecular complexity index is 614. The van der Waals surface area contributed by atoms with Crippen LogP contribution in [0.1, 0.15) is 19.2 Å². The van der Waals surface area contributed by atoms with Gasteiger partial charge in [0.15, 0.2) is 0 Å². The number of H-pyrrole nitrogens is 1. The highest BCUT2D eigenvalue weighted by molar-refractivity contribution is 6.03. The van der Waals surface area contributed by atoms with E-state index in [-0.39, 0.29) is 17.7 Å². The fraction of sp³-hybridized carbons (Fsp3) is 0.357. The molecule has 0 saturated carbocycles. The van der Waals surface area contributed by atoms with Gasteiger partial charge in [0.2, 0.25) is 11.8 Å². The van der Waals surface area contributed by atoms with Crippen molar-refractivity contribution in [3.63, 3.8) is 0 Å². The minimum atomic E-state index is -0.178. The van der Waals surface area contributed by atoms with Crippen LogP contribution < -0.4 is 0 Å². The highest BCUT2D eigenvalue weighted by Crippen LogP contribution is 2.19. The summed E-state index contributed by atoms with van der Waals surface area (Å²) in [5.74, 6) is 0.485. The molecule has 1 aliphatic heterocycles. The number of likely N-dealkylation sites (tertiary alicyclic amines) is 1. The van der Waals surface area contributed by atoms with Crippen molar-refractivity contribution in [3.05, 3.63) is 30.1 Å². The largest absolute Gasteiger partial charge is 0.342 e. The third-order valence-electron chi connectivity index (χ3n) is 3.48. The van der Waals surface area contributed by atoms with Crippen LogP contribution in [-0.2, 0) is 16.0 Å². The summed E-state index contributed by atoms with van der Waals surface area (Å²) in [4.78, 5) is 32.4. The van der Waals surface area contributed by atoms with Crippen molar-refractivity contribution in [2.75, 3.05) is 6.54 Å². The number of hydrogen-bond donors (Lipinski definition) is 1. The van der Waals surface area contributed by atoms with E-state index in [1.54, 1.807) is 6.92 Å². The number of imide groups is 1. The van der Waals surface area contributed by atoms with Crippen LogP contribution >= 0.6 is 0 Å². The van der Waals surface area contributed by atoms with Crippen LogP contribution in [0.5, 0.6) is 0 Å². The monoisotopic (exact) mass is 257 g/mol. The lowest BCUT2D eigenvalue weighted by molar-refractivity contribution is -0.139. The van der Waals surface area contributed by atoms with Crippen LogP contribution in [0.3, 0.4) is 0 Å². The number of carbonyl (C=O) groups is 2. The molecule has 19 heavy (non-hydrogen) atoms. The number of aromatic nitrogens is 2. The van der Waals surface area contributed by atoms with Crippen molar-refractivity contribution in [1.29, 1.82) is 0 Å². The highest BCUT2D eigenvalue weighted by Gasteiger charge is 2.35. The van der Waals surface area contributed by atoms with Gasteiger partial charge in [-0.15, -0.1) is 0 Å². The normalized spacial score (nSPS) is 19.6. The fourth-order valence-electron chi connectivity index (χ4n) is 2.43. The maximum atomic E-state index is 11.8. The zero-order valence-corrected chi connectivity index (χ0v) is 10.7. The summed E-state index contributed by atoms with van der Waals surface area (Å²) < 4.78 is 0. The molecule has 2 aromatic rings. The molecule has 5 heteroatoms. The van der Waals surface area contributed by atoms with Gasteiger partial charge < -0.3 is 4.98 Å². The minimum Gasteiger partial charge on any atom is -0.342 e. The Kier molecular flexibility index (Phi) is 2.81. The Labute approximate surface area is 110 Å². The number of amides is 2. The second-order valence-corrected chi connectivity index (χ2v) is 4.94. The summed E-state index contributed by atoms with van der Waals surface area (Å²) in [6, 6.07) is 7.77. The van der Waals surface area contributed by atoms with Crippen molar-refractivity contribution in [1.82, 2.24) is 14.9 Å². The third-order valence-corrected chi connectivity index (χ3v) is 3.48. The van der Waals surface area contributed by atoms with Gasteiger partial charge in [-0.25, -0.2) is 4.98 Å². The predicted octanol–water partition coefficient (Wildman–Crippen LogP) is 1.50. The van der Waals surface area contributed by atoms with Gasteiger partial charge >= 0.3 is 0 Å². The molecule has 3 rings (SSSR count). The second-order valence-electron chi connectivity index (χ2n) is 4.94. The van der Waals surface area contributed by atoms with Gasteiger partial charge in [0, 0.05) is 25.3 Å². The van der Waals surface area contributed by atoms with Crippen LogP contribution in [0.25, 0.3) is 11.0 Å². The molecule has 0 radical (unpaired) electrons. The smallest absolute Gasteiger partial charge is 0.232 e. The first-order valence-corrected chi connectivity index (χ1v) is 6.43. The number of aromatic amines is 1. The number of rotatable bonds is 3. The number of nitrogens with zero attached hydrogens (tertiary/aromatic N) is 2. The zero-order chi connectivity index (χ0) is 13.4. The molecular formula is C14H15N3O2. The van der Waals surface area contributed by atoms with Gasteiger partial charge in [0.1, 0.15) is 5.82 Å². The van der Waals surface area contributed by atoms with Crippen LogP contribution in [0.4, 0.5) is 0 Å². The lowest BCUT2D eigenvalue weighted by Gasteiger charge is -2.12. The first-order valence-electron chi connectivity index (χ1n) is 6.43. The average Bonchev–Trinajstić information content (AvgIpc) is 2.90. The van der Waals surface area contributed by atoms with E-state index in [4.69, 9.17) is 0 Å². The quantitative estimate of drug-likeness (QED) is 0.847. The molecule has 0 aliphatic carbocycles. The van der Waals surface area contributed by atoms with E-state index in [1.165, 1.54) is 4.90 Å². The van der Waals surface area contributed by atoms with Crippen molar-refractivity contribution >= 4 is 22.8 Å². The SMILES string of the molecule is CC1CC(=O)N(CCc2nc3ccccc3[nH]2)C1=O. The van der Waals surface area contributed by atoms with E-state index in [2.05, 4.69) is 9.97 Å². The number of nitrogens with one attached hydrogen (secondary N) is 1. The molecule has 5 nitrogen and oxygen atoms in total. The van der Waals surface area contributed by atoms with Crippen LogP contribution in [0.15, 0.2) is 24.3 Å². The topological polar surface area (TPSA) is 66.1 Å². The van der Waals surface area contributed by atoms with Crippen molar-refractivity contribution < 1.29 is 9.59 Å². The molecular weight excluding hydrogens is 242 g/mol. The molecule has 0 spiro atoms. The number of benzene rings is 1. The van der Waals surface area contributed by atoms with E-state index in [1.807, 2.05) is 24.3 Å². The Morgan fingerprint density at radius 1 is 1.37 bits per heavy atom. The summed E-state index contributed by atoms with van der Waals surface area (Å²) in [5.41, 5.74) is 1.88. The molecule has 1 aliphatic rings. The molecule has 1 unspecified atom stereocenters. The van der Waals surface area contributed by atoms with Gasteiger partial charge in [-0.2, -0.15) is 0 Å². The molecule has 2 heterocycles. The molecule has 98 valence electrons. The summed E-state index contributed by atoms with van der Waals surface area (Å²) in [6.45, 7) is 2.20. The standard InChI is InChI=1S/C14H15N3O2/c1-9-8-13(18)17(14(9)19)7-6-12-15-10-4-2-3-5-11(10)16-12/h2-5,9H,6-8H2,1H3,(H,15,16). The average molecular weight is 257 g/mol. The molecule has 1 saturated heterocycles. The van der Waals surface area contributed by atoms with E-state index in [0.29, 0.717) is 19.4 Å². The van der Waals surface area contributed by atoms with Gasteiger partial charge in [0.25, 0.3) is 0 Å². The maximum Gasteiger partial charge on any atom is 0.232 e. The molecule has 0 bridgehead atoms. The zero-order valence-electron chi connectivity index (χ0n) is 10.7. The number of imidazole rings is 1. The molecule has 1 atom stereocenters. The van der Waals surface area contributed by atoms with E-state index < -0.39 is 0 Å². The predicted molar refractivity (Wildman–Crippen MR) is 70.3 cm³/mol. The molecule has 1 aromatic carbocycles. The lowest BCUT2D eigenvalue weighted by Crippen LogP contribution is -2.32. The Hall–Kier alpha value is -2.17.